The molecule has 0 fully saturated rings. The van der Waals surface area contributed by atoms with Crippen LogP contribution in [0.5, 0.6) is 0 Å². The minimum absolute atomic E-state index is 1.08. The second-order valence-electron chi connectivity index (χ2n) is 1.16. The summed E-state index contributed by atoms with van der Waals surface area (Å²) < 4.78 is 0. The molecule has 0 aromatic rings. The Labute approximate surface area is 50.3 Å². The van der Waals surface area contributed by atoms with Crippen molar-refractivity contribution in [3.63, 3.8) is 0 Å². The first-order valence-corrected chi connectivity index (χ1v) is 2.82. The lowest BCUT2D eigenvalue weighted by molar-refractivity contribution is 1.22. The minimum Gasteiger partial charge on any atom is -0.0887 e. The Bertz CT molecular complexity index is 72.2. The van der Waals surface area contributed by atoms with Crippen LogP contribution in [0, 0.1) is 0 Å². The lowest BCUT2D eigenvalue weighted by Gasteiger charge is -1.69. The highest BCUT2D eigenvalue weighted by molar-refractivity contribution is 7.83. The third-order valence-corrected chi connectivity index (χ3v) is 0.719. The predicted octanol–water partition coefficient (Wildman–Crippen LogP) is 2.66. The van der Waals surface area contributed by atoms with E-state index in [0.29, 0.717) is 0 Å². The van der Waals surface area contributed by atoms with Crippen molar-refractivity contribution in [2.75, 3.05) is 0 Å². The second kappa shape index (κ2) is 5.70. The lowest BCUT2D eigenvalue weighted by atomic mass is 10.4. The molecular formula is C6H9S. The Balaban J connectivity index is 3.09. The fourth-order valence-electron chi connectivity index (χ4n) is 0.260. The summed E-state index contributed by atoms with van der Waals surface area (Å²) in [5, 5.41) is 1.60. The molecule has 1 radical (unpaired) electrons. The molecule has 1 heteroatoms. The molecule has 0 heterocycles. The van der Waals surface area contributed by atoms with Crippen molar-refractivity contribution in [3.8, 4) is 0 Å². The molecule has 0 aliphatic rings. The molecule has 0 aromatic carbocycles. The van der Waals surface area contributed by atoms with E-state index < -0.39 is 0 Å². The van der Waals surface area contributed by atoms with Gasteiger partial charge in [-0.05, 0) is 6.42 Å². The largest absolute Gasteiger partial charge is 0.0887 e. The first-order valence-electron chi connectivity index (χ1n) is 2.35. The van der Waals surface area contributed by atoms with Crippen molar-refractivity contribution >= 4 is 12.6 Å². The van der Waals surface area contributed by atoms with E-state index in [1.54, 1.807) is 5.41 Å². The van der Waals surface area contributed by atoms with Gasteiger partial charge < -0.3 is 0 Å². The average Bonchev–Trinajstić information content (AvgIpc) is 1.69. The van der Waals surface area contributed by atoms with Crippen LogP contribution in [0.15, 0.2) is 23.6 Å². The van der Waals surface area contributed by atoms with E-state index >= 15 is 0 Å². The number of hydrogen-bond donors (Lipinski definition) is 0. The maximum Gasteiger partial charge on any atom is 0.00134 e. The molecule has 0 nitrogen and oxygen atoms in total. The van der Waals surface area contributed by atoms with Crippen LogP contribution in [0.4, 0.5) is 0 Å². The zero-order chi connectivity index (χ0) is 5.54. The molecule has 0 rings (SSSR count). The smallest absolute Gasteiger partial charge is 0.00134 e. The second-order valence-corrected chi connectivity index (χ2v) is 1.44. The third-order valence-electron chi connectivity index (χ3n) is 0.561. The van der Waals surface area contributed by atoms with E-state index in [4.69, 9.17) is 0 Å². The van der Waals surface area contributed by atoms with Gasteiger partial charge in [0.1, 0.15) is 0 Å². The van der Waals surface area contributed by atoms with E-state index in [0.717, 1.165) is 6.42 Å². The van der Waals surface area contributed by atoms with Gasteiger partial charge in [-0.2, -0.15) is 0 Å². The molecule has 0 aliphatic carbocycles. The van der Waals surface area contributed by atoms with E-state index in [1.165, 1.54) is 0 Å². The van der Waals surface area contributed by atoms with Crippen LogP contribution >= 0.6 is 12.6 Å². The zero-order valence-corrected chi connectivity index (χ0v) is 5.24. The van der Waals surface area contributed by atoms with Crippen LogP contribution < -0.4 is 0 Å². The van der Waals surface area contributed by atoms with Crippen molar-refractivity contribution in [2.45, 2.75) is 13.3 Å². The Hall–Kier alpha value is -0.300. The number of hydrogen-bond acceptors (Lipinski definition) is 0. The summed E-state index contributed by atoms with van der Waals surface area (Å²) in [5.41, 5.74) is 0. The van der Waals surface area contributed by atoms with Gasteiger partial charge in [0.15, 0.2) is 0 Å². The molecule has 0 saturated carbocycles. The molecule has 0 amide bonds. The van der Waals surface area contributed by atoms with Crippen molar-refractivity contribution in [2.24, 2.45) is 0 Å². The Morgan fingerprint density at radius 2 is 2.14 bits per heavy atom. The maximum absolute atomic E-state index is 4.53. The normalized spacial score (nSPS) is 11.6. The van der Waals surface area contributed by atoms with Crippen LogP contribution in [0.2, 0.25) is 0 Å². The molecule has 0 saturated heterocycles. The first-order chi connectivity index (χ1) is 3.41. The van der Waals surface area contributed by atoms with Gasteiger partial charge in [0.2, 0.25) is 0 Å². The van der Waals surface area contributed by atoms with Crippen molar-refractivity contribution < 1.29 is 0 Å². The van der Waals surface area contributed by atoms with Crippen LogP contribution in [0.3, 0.4) is 0 Å². The summed E-state index contributed by atoms with van der Waals surface area (Å²) in [4.78, 5) is 0. The molecule has 7 heavy (non-hydrogen) atoms. The number of rotatable bonds is 2. The average molecular weight is 113 g/mol. The topological polar surface area (TPSA) is 0 Å². The zero-order valence-electron chi connectivity index (χ0n) is 4.42. The summed E-state index contributed by atoms with van der Waals surface area (Å²) in [6, 6.07) is 0. The van der Waals surface area contributed by atoms with Crippen LogP contribution in [-0.2, 0) is 0 Å². The van der Waals surface area contributed by atoms with Gasteiger partial charge in [0, 0.05) is 5.41 Å². The van der Waals surface area contributed by atoms with E-state index in [2.05, 4.69) is 25.6 Å². The molecule has 0 N–H and O–H groups in total. The Kier molecular flexibility index (Phi) is 5.46. The molecule has 0 aliphatic heterocycles. The highest BCUT2D eigenvalue weighted by Gasteiger charge is 1.58. The predicted molar refractivity (Wildman–Crippen MR) is 36.2 cm³/mol. The summed E-state index contributed by atoms with van der Waals surface area (Å²) in [6.07, 6.45) is 6.94. The van der Waals surface area contributed by atoms with Gasteiger partial charge in [0.05, 0.1) is 0 Å². The van der Waals surface area contributed by atoms with Crippen molar-refractivity contribution in [1.29, 1.82) is 0 Å². The summed E-state index contributed by atoms with van der Waals surface area (Å²) in [7, 11) is 0. The summed E-state index contributed by atoms with van der Waals surface area (Å²) in [5.74, 6) is 0. The van der Waals surface area contributed by atoms with Gasteiger partial charge in [-0.3, -0.25) is 0 Å². The van der Waals surface area contributed by atoms with Crippen molar-refractivity contribution in [1.82, 2.24) is 0 Å². The lowest BCUT2D eigenvalue weighted by Crippen LogP contribution is -1.47. The van der Waals surface area contributed by atoms with Gasteiger partial charge >= 0.3 is 0 Å². The molecule has 39 valence electrons. The fraction of sp³-hybridized carbons (Fsp3) is 0.333. The van der Waals surface area contributed by atoms with E-state index in [1.807, 2.05) is 12.2 Å². The molecule has 0 spiro atoms. The third kappa shape index (κ3) is 5.70. The minimum atomic E-state index is 1.08. The van der Waals surface area contributed by atoms with E-state index in [9.17, 15) is 0 Å². The monoisotopic (exact) mass is 113 g/mol. The molecule has 0 unspecified atom stereocenters. The van der Waals surface area contributed by atoms with Gasteiger partial charge in [-0.1, -0.05) is 37.8 Å². The first kappa shape index (κ1) is 6.70. The van der Waals surface area contributed by atoms with Gasteiger partial charge in [0.25, 0.3) is 0 Å². The van der Waals surface area contributed by atoms with Crippen molar-refractivity contribution in [3.05, 3.63) is 23.6 Å². The van der Waals surface area contributed by atoms with Crippen LogP contribution in [0.1, 0.15) is 13.3 Å². The summed E-state index contributed by atoms with van der Waals surface area (Å²) >= 11 is 4.53. The standard InChI is InChI=1S/C6H9S/c1-2-3-4-5-6-7/h3-6H,2H2,1H3/b4-3+,6-5+. The highest BCUT2D eigenvalue weighted by Crippen LogP contribution is 1.82. The maximum atomic E-state index is 4.53. The van der Waals surface area contributed by atoms with E-state index in [-0.39, 0.29) is 0 Å². The highest BCUT2D eigenvalue weighted by atomic mass is 32.1. The SMILES string of the molecule is CC/C=C/C=C/[S]. The Morgan fingerprint density at radius 1 is 1.43 bits per heavy atom. The quantitative estimate of drug-likeness (QED) is 0.483. The fourth-order valence-corrected chi connectivity index (χ4v) is 0.351. The molecule has 0 bridgehead atoms. The van der Waals surface area contributed by atoms with Crippen LogP contribution in [-0.4, -0.2) is 0 Å². The number of allylic oxidation sites excluding steroid dienone is 3. The molecule has 0 atom stereocenters. The summed E-state index contributed by atoms with van der Waals surface area (Å²) in [6.45, 7) is 2.09. The molecular weight excluding hydrogens is 104 g/mol. The van der Waals surface area contributed by atoms with Crippen LogP contribution in [0.25, 0.3) is 0 Å². The van der Waals surface area contributed by atoms with Gasteiger partial charge in [-0.15, -0.1) is 0 Å². The molecule has 0 aromatic heterocycles. The Morgan fingerprint density at radius 3 is 2.57 bits per heavy atom. The van der Waals surface area contributed by atoms with Gasteiger partial charge in [-0.25, -0.2) is 0 Å².